The van der Waals surface area contributed by atoms with Gasteiger partial charge in [0.05, 0.1) is 4.58 Å². The van der Waals surface area contributed by atoms with Gasteiger partial charge in [-0.1, -0.05) is 31.4 Å². The van der Waals surface area contributed by atoms with Gasteiger partial charge in [-0.15, -0.1) is 23.5 Å². The smallest absolute Gasteiger partial charge is 0.227 e. The second kappa shape index (κ2) is 6.90. The fourth-order valence-corrected chi connectivity index (χ4v) is 5.76. The summed E-state index contributed by atoms with van der Waals surface area (Å²) in [6.45, 7) is 0. The number of amides is 1. The summed E-state index contributed by atoms with van der Waals surface area (Å²) in [5.74, 6) is 2.90. The molecule has 0 atom stereocenters. The molecule has 0 aromatic heterocycles. The molecule has 0 radical (unpaired) electrons. The molecule has 2 fully saturated rings. The minimum absolute atomic E-state index is 0.216. The van der Waals surface area contributed by atoms with Crippen LogP contribution in [0.3, 0.4) is 0 Å². The summed E-state index contributed by atoms with van der Waals surface area (Å²) >= 11 is 4.00. The van der Waals surface area contributed by atoms with E-state index in [-0.39, 0.29) is 11.8 Å². The summed E-state index contributed by atoms with van der Waals surface area (Å²) in [6, 6.07) is 8.39. The Kier molecular flexibility index (Phi) is 4.94. The zero-order valence-electron chi connectivity index (χ0n) is 11.6. The molecule has 2 nitrogen and oxygen atoms in total. The summed E-state index contributed by atoms with van der Waals surface area (Å²) in [7, 11) is 0. The zero-order chi connectivity index (χ0) is 13.8. The molecule has 1 aromatic rings. The Labute approximate surface area is 129 Å². The van der Waals surface area contributed by atoms with Gasteiger partial charge in [-0.25, -0.2) is 0 Å². The highest BCUT2D eigenvalue weighted by molar-refractivity contribution is 8.19. The molecule has 0 spiro atoms. The van der Waals surface area contributed by atoms with Gasteiger partial charge in [-0.05, 0) is 30.5 Å². The molecule has 3 rings (SSSR count). The van der Waals surface area contributed by atoms with Crippen molar-refractivity contribution in [2.24, 2.45) is 5.92 Å². The molecule has 108 valence electrons. The number of nitrogens with one attached hydrogen (secondary N) is 1. The highest BCUT2D eigenvalue weighted by Gasteiger charge is 2.22. The van der Waals surface area contributed by atoms with Crippen LogP contribution in [-0.4, -0.2) is 17.4 Å². The second-order valence-corrected chi connectivity index (χ2v) is 8.25. The number of carbonyl (C=O) groups is 1. The van der Waals surface area contributed by atoms with Crippen molar-refractivity contribution in [1.82, 2.24) is 0 Å². The number of rotatable bonds is 3. The molecule has 1 aliphatic carbocycles. The Balaban J connectivity index is 1.64. The van der Waals surface area contributed by atoms with Crippen LogP contribution in [-0.2, 0) is 4.79 Å². The molecule has 1 aliphatic heterocycles. The van der Waals surface area contributed by atoms with E-state index >= 15 is 0 Å². The first kappa shape index (κ1) is 14.3. The van der Waals surface area contributed by atoms with Crippen molar-refractivity contribution in [3.8, 4) is 0 Å². The quantitative estimate of drug-likeness (QED) is 0.879. The monoisotopic (exact) mass is 307 g/mol. The van der Waals surface area contributed by atoms with Gasteiger partial charge >= 0.3 is 0 Å². The number of benzene rings is 1. The lowest BCUT2D eigenvalue weighted by Crippen LogP contribution is -2.24. The first-order valence-corrected chi connectivity index (χ1v) is 9.57. The van der Waals surface area contributed by atoms with Crippen LogP contribution in [0.1, 0.15) is 42.2 Å². The number of hydrogen-bond acceptors (Lipinski definition) is 3. The molecule has 1 aromatic carbocycles. The Morgan fingerprint density at radius 3 is 2.60 bits per heavy atom. The van der Waals surface area contributed by atoms with Crippen molar-refractivity contribution in [1.29, 1.82) is 0 Å². The number of anilines is 1. The van der Waals surface area contributed by atoms with E-state index < -0.39 is 0 Å². The normalized spacial score (nSPS) is 21.0. The Hall–Kier alpha value is -0.610. The maximum absolute atomic E-state index is 12.3. The minimum Gasteiger partial charge on any atom is -0.326 e. The second-order valence-electron chi connectivity index (χ2n) is 5.52. The van der Waals surface area contributed by atoms with E-state index in [9.17, 15) is 4.79 Å². The van der Waals surface area contributed by atoms with E-state index in [2.05, 4.69) is 23.5 Å². The van der Waals surface area contributed by atoms with Gasteiger partial charge in [0, 0.05) is 23.1 Å². The summed E-state index contributed by atoms with van der Waals surface area (Å²) in [4.78, 5) is 12.3. The Morgan fingerprint density at radius 1 is 1.10 bits per heavy atom. The molecule has 2 aliphatic rings. The summed E-state index contributed by atoms with van der Waals surface area (Å²) in [6.07, 6.45) is 5.80. The van der Waals surface area contributed by atoms with Crippen molar-refractivity contribution in [3.05, 3.63) is 29.8 Å². The fraction of sp³-hybridized carbons (Fsp3) is 0.562. The van der Waals surface area contributed by atoms with E-state index in [1.807, 2.05) is 29.6 Å². The topological polar surface area (TPSA) is 29.1 Å². The van der Waals surface area contributed by atoms with Gasteiger partial charge in [-0.3, -0.25) is 4.79 Å². The molecule has 1 heterocycles. The number of carbonyl (C=O) groups excluding carboxylic acids is 1. The minimum atomic E-state index is 0.216. The summed E-state index contributed by atoms with van der Waals surface area (Å²) in [5, 5.41) is 3.12. The highest BCUT2D eigenvalue weighted by atomic mass is 32.2. The van der Waals surface area contributed by atoms with Crippen molar-refractivity contribution < 1.29 is 4.79 Å². The van der Waals surface area contributed by atoms with Crippen LogP contribution in [0.4, 0.5) is 5.69 Å². The average molecular weight is 307 g/mol. The van der Waals surface area contributed by atoms with Gasteiger partial charge < -0.3 is 5.32 Å². The van der Waals surface area contributed by atoms with Crippen molar-refractivity contribution in [3.63, 3.8) is 0 Å². The lowest BCUT2D eigenvalue weighted by molar-refractivity contribution is -0.120. The van der Waals surface area contributed by atoms with E-state index in [1.165, 1.54) is 36.3 Å². The van der Waals surface area contributed by atoms with Gasteiger partial charge in [0.25, 0.3) is 0 Å². The van der Waals surface area contributed by atoms with Gasteiger partial charge in [-0.2, -0.15) is 0 Å². The van der Waals surface area contributed by atoms with Crippen LogP contribution in [0.25, 0.3) is 0 Å². The maximum atomic E-state index is 12.3. The van der Waals surface area contributed by atoms with Gasteiger partial charge in [0.15, 0.2) is 0 Å². The van der Waals surface area contributed by atoms with Gasteiger partial charge in [0.1, 0.15) is 0 Å². The van der Waals surface area contributed by atoms with Crippen molar-refractivity contribution >= 4 is 35.1 Å². The SMILES string of the molecule is O=C(Nc1cccc(C2SCCS2)c1)C1CCCCC1. The predicted octanol–water partition coefficient (Wildman–Crippen LogP) is 4.68. The molecular formula is C16H21NOS2. The predicted molar refractivity (Wildman–Crippen MR) is 89.3 cm³/mol. The van der Waals surface area contributed by atoms with Crippen LogP contribution in [0, 0.1) is 5.92 Å². The third-order valence-corrected chi connectivity index (χ3v) is 7.13. The van der Waals surface area contributed by atoms with E-state index in [1.54, 1.807) is 0 Å². The highest BCUT2D eigenvalue weighted by Crippen LogP contribution is 2.45. The Bertz CT molecular complexity index is 465. The van der Waals surface area contributed by atoms with Crippen LogP contribution in [0.5, 0.6) is 0 Å². The Morgan fingerprint density at radius 2 is 1.85 bits per heavy atom. The van der Waals surface area contributed by atoms with Gasteiger partial charge in [0.2, 0.25) is 5.91 Å². The first-order valence-electron chi connectivity index (χ1n) is 7.47. The van der Waals surface area contributed by atoms with E-state index in [4.69, 9.17) is 0 Å². The van der Waals surface area contributed by atoms with Crippen LogP contribution in [0.2, 0.25) is 0 Å². The molecule has 1 amide bonds. The first-order chi connectivity index (χ1) is 9.83. The molecule has 1 saturated carbocycles. The van der Waals surface area contributed by atoms with E-state index in [0.29, 0.717) is 4.58 Å². The maximum Gasteiger partial charge on any atom is 0.227 e. The van der Waals surface area contributed by atoms with Crippen LogP contribution >= 0.6 is 23.5 Å². The molecule has 0 unspecified atom stereocenters. The third-order valence-electron chi connectivity index (χ3n) is 4.02. The molecule has 1 saturated heterocycles. The average Bonchev–Trinajstić information content (AvgIpc) is 3.03. The largest absolute Gasteiger partial charge is 0.326 e. The molecule has 1 N–H and O–H groups in total. The molecule has 20 heavy (non-hydrogen) atoms. The zero-order valence-corrected chi connectivity index (χ0v) is 13.3. The number of hydrogen-bond donors (Lipinski definition) is 1. The molecule has 0 bridgehead atoms. The van der Waals surface area contributed by atoms with Crippen molar-refractivity contribution in [2.45, 2.75) is 36.7 Å². The summed E-state index contributed by atoms with van der Waals surface area (Å²) in [5.41, 5.74) is 2.30. The van der Waals surface area contributed by atoms with Crippen molar-refractivity contribution in [2.75, 3.05) is 16.8 Å². The third kappa shape index (κ3) is 3.53. The lowest BCUT2D eigenvalue weighted by Gasteiger charge is -2.21. The van der Waals surface area contributed by atoms with Crippen LogP contribution in [0.15, 0.2) is 24.3 Å². The molecule has 4 heteroatoms. The van der Waals surface area contributed by atoms with Crippen LogP contribution < -0.4 is 5.32 Å². The number of thioether (sulfide) groups is 2. The molecular weight excluding hydrogens is 286 g/mol. The summed E-state index contributed by atoms with van der Waals surface area (Å²) < 4.78 is 0.543. The van der Waals surface area contributed by atoms with E-state index in [0.717, 1.165) is 18.5 Å². The lowest BCUT2D eigenvalue weighted by atomic mass is 9.88. The fourth-order valence-electron chi connectivity index (χ4n) is 2.92. The standard InChI is InChI=1S/C16H21NOS2/c18-15(12-5-2-1-3-6-12)17-14-8-4-7-13(11-14)16-19-9-10-20-16/h4,7-8,11-12,16H,1-3,5-6,9-10H2,(H,17,18).